The topological polar surface area (TPSA) is 51.8 Å². The molecule has 1 aromatic carbocycles. The van der Waals surface area contributed by atoms with Crippen molar-refractivity contribution in [2.45, 2.75) is 19.4 Å². The summed E-state index contributed by atoms with van der Waals surface area (Å²) in [6.45, 7) is 2.09. The van der Waals surface area contributed by atoms with E-state index in [-0.39, 0.29) is 6.04 Å². The minimum Gasteiger partial charge on any atom is -0.322 e. The number of hydrogen-bond acceptors (Lipinski definition) is 4. The number of nitrogens with two attached hydrogens (primary N) is 1. The molecule has 2 aromatic heterocycles. The summed E-state index contributed by atoms with van der Waals surface area (Å²) in [4.78, 5) is 8.77. The van der Waals surface area contributed by atoms with Crippen molar-refractivity contribution in [3.8, 4) is 0 Å². The number of thiazole rings is 1. The van der Waals surface area contributed by atoms with Gasteiger partial charge in [-0.1, -0.05) is 12.1 Å². The Labute approximate surface area is 116 Å². The number of benzene rings is 1. The first-order chi connectivity index (χ1) is 9.24. The molecule has 0 bridgehead atoms. The Balaban J connectivity index is 1.87. The first-order valence-corrected chi connectivity index (χ1v) is 7.06. The lowest BCUT2D eigenvalue weighted by atomic mass is 10.0. The zero-order chi connectivity index (χ0) is 13.2. The molecule has 0 spiro atoms. The summed E-state index contributed by atoms with van der Waals surface area (Å²) in [6.07, 6.45) is 4.48. The normalized spacial score (nSPS) is 12.7. The molecule has 0 aliphatic heterocycles. The van der Waals surface area contributed by atoms with Gasteiger partial charge in [0.25, 0.3) is 0 Å². The Morgan fingerprint density at radius 2 is 2.11 bits per heavy atom. The third-order valence-electron chi connectivity index (χ3n) is 3.21. The molecule has 3 nitrogen and oxygen atoms in total. The standard InChI is InChI=1S/C15H15N3S/c1-10-6-7-17-9-11(10)8-12(16)15-18-13-4-2-3-5-14(13)19-15/h2-7,9,12H,8,16H2,1H3. The monoisotopic (exact) mass is 269 g/mol. The van der Waals surface area contributed by atoms with Crippen molar-refractivity contribution >= 4 is 21.6 Å². The zero-order valence-corrected chi connectivity index (χ0v) is 11.5. The highest BCUT2D eigenvalue weighted by Gasteiger charge is 2.13. The predicted octanol–water partition coefficient (Wildman–Crippen LogP) is 3.24. The van der Waals surface area contributed by atoms with Crippen LogP contribution < -0.4 is 5.73 Å². The molecule has 96 valence electrons. The maximum Gasteiger partial charge on any atom is 0.111 e. The maximum absolute atomic E-state index is 6.28. The smallest absolute Gasteiger partial charge is 0.111 e. The van der Waals surface area contributed by atoms with Crippen molar-refractivity contribution in [2.24, 2.45) is 5.73 Å². The van der Waals surface area contributed by atoms with E-state index < -0.39 is 0 Å². The van der Waals surface area contributed by atoms with Crippen molar-refractivity contribution in [1.82, 2.24) is 9.97 Å². The van der Waals surface area contributed by atoms with Gasteiger partial charge in [0, 0.05) is 12.4 Å². The van der Waals surface area contributed by atoms with E-state index in [4.69, 9.17) is 5.73 Å². The van der Waals surface area contributed by atoms with Crippen LogP contribution in [0.5, 0.6) is 0 Å². The summed E-state index contributed by atoms with van der Waals surface area (Å²) in [7, 11) is 0. The highest BCUT2D eigenvalue weighted by atomic mass is 32.1. The van der Waals surface area contributed by atoms with Crippen LogP contribution in [0, 0.1) is 6.92 Å². The molecule has 0 aliphatic rings. The molecule has 0 saturated heterocycles. The number of aryl methyl sites for hydroxylation is 1. The van der Waals surface area contributed by atoms with E-state index in [1.165, 1.54) is 15.8 Å². The first-order valence-electron chi connectivity index (χ1n) is 6.24. The number of aromatic nitrogens is 2. The molecule has 19 heavy (non-hydrogen) atoms. The van der Waals surface area contributed by atoms with Crippen LogP contribution in [-0.2, 0) is 6.42 Å². The van der Waals surface area contributed by atoms with Crippen LogP contribution in [0.15, 0.2) is 42.7 Å². The largest absolute Gasteiger partial charge is 0.322 e. The SMILES string of the molecule is Cc1ccncc1CC(N)c1nc2ccccc2s1. The Morgan fingerprint density at radius 1 is 1.26 bits per heavy atom. The van der Waals surface area contributed by atoms with Crippen LogP contribution in [0.3, 0.4) is 0 Å². The van der Waals surface area contributed by atoms with E-state index in [2.05, 4.69) is 23.0 Å². The fourth-order valence-corrected chi connectivity index (χ4v) is 3.05. The van der Waals surface area contributed by atoms with Gasteiger partial charge in [-0.05, 0) is 42.7 Å². The lowest BCUT2D eigenvalue weighted by molar-refractivity contribution is 0.712. The second-order valence-electron chi connectivity index (χ2n) is 4.63. The fourth-order valence-electron chi connectivity index (χ4n) is 2.08. The van der Waals surface area contributed by atoms with Gasteiger partial charge in [0.05, 0.1) is 16.3 Å². The molecule has 0 radical (unpaired) electrons. The first kappa shape index (κ1) is 12.3. The third-order valence-corrected chi connectivity index (χ3v) is 4.38. The molecular formula is C15H15N3S. The Hall–Kier alpha value is -1.78. The van der Waals surface area contributed by atoms with Crippen molar-refractivity contribution in [1.29, 1.82) is 0 Å². The summed E-state index contributed by atoms with van der Waals surface area (Å²) < 4.78 is 1.19. The molecule has 3 aromatic rings. The van der Waals surface area contributed by atoms with Crippen LogP contribution in [-0.4, -0.2) is 9.97 Å². The molecule has 1 atom stereocenters. The summed E-state index contributed by atoms with van der Waals surface area (Å²) >= 11 is 1.67. The van der Waals surface area contributed by atoms with Gasteiger partial charge in [-0.2, -0.15) is 0 Å². The lowest BCUT2D eigenvalue weighted by Gasteiger charge is -2.10. The Kier molecular flexibility index (Phi) is 3.27. The van der Waals surface area contributed by atoms with Gasteiger partial charge in [0.2, 0.25) is 0 Å². The number of nitrogens with zero attached hydrogens (tertiary/aromatic N) is 2. The average Bonchev–Trinajstić information content (AvgIpc) is 2.85. The van der Waals surface area contributed by atoms with E-state index in [1.807, 2.05) is 36.7 Å². The van der Waals surface area contributed by atoms with Gasteiger partial charge in [0.1, 0.15) is 5.01 Å². The van der Waals surface area contributed by atoms with Gasteiger partial charge in [0.15, 0.2) is 0 Å². The highest BCUT2D eigenvalue weighted by Crippen LogP contribution is 2.27. The summed E-state index contributed by atoms with van der Waals surface area (Å²) in [5.41, 5.74) is 9.73. The number of hydrogen-bond donors (Lipinski definition) is 1. The van der Waals surface area contributed by atoms with Crippen LogP contribution in [0.25, 0.3) is 10.2 Å². The van der Waals surface area contributed by atoms with Crippen molar-refractivity contribution in [2.75, 3.05) is 0 Å². The van der Waals surface area contributed by atoms with Crippen molar-refractivity contribution in [3.63, 3.8) is 0 Å². The van der Waals surface area contributed by atoms with Crippen LogP contribution in [0.2, 0.25) is 0 Å². The van der Waals surface area contributed by atoms with Gasteiger partial charge in [-0.15, -0.1) is 11.3 Å². The molecule has 1 unspecified atom stereocenters. The lowest BCUT2D eigenvalue weighted by Crippen LogP contribution is -2.13. The average molecular weight is 269 g/mol. The minimum atomic E-state index is -0.0692. The van der Waals surface area contributed by atoms with Gasteiger partial charge in [-0.3, -0.25) is 4.98 Å². The molecular weight excluding hydrogens is 254 g/mol. The summed E-state index contributed by atoms with van der Waals surface area (Å²) in [6, 6.07) is 10.1. The second-order valence-corrected chi connectivity index (χ2v) is 5.69. The number of fused-ring (bicyclic) bond motifs is 1. The molecule has 2 heterocycles. The van der Waals surface area contributed by atoms with Crippen LogP contribution >= 0.6 is 11.3 Å². The zero-order valence-electron chi connectivity index (χ0n) is 10.7. The van der Waals surface area contributed by atoms with E-state index in [1.54, 1.807) is 11.3 Å². The summed E-state index contributed by atoms with van der Waals surface area (Å²) in [5.74, 6) is 0. The van der Waals surface area contributed by atoms with E-state index in [0.29, 0.717) is 0 Å². The Morgan fingerprint density at radius 3 is 2.89 bits per heavy atom. The Bertz CT molecular complexity index is 672. The second kappa shape index (κ2) is 5.07. The molecule has 0 fully saturated rings. The molecule has 0 aliphatic carbocycles. The van der Waals surface area contributed by atoms with Crippen molar-refractivity contribution in [3.05, 3.63) is 58.9 Å². The summed E-state index contributed by atoms with van der Waals surface area (Å²) in [5, 5.41) is 0.990. The number of para-hydroxylation sites is 1. The predicted molar refractivity (Wildman–Crippen MR) is 79.2 cm³/mol. The maximum atomic E-state index is 6.28. The molecule has 3 rings (SSSR count). The van der Waals surface area contributed by atoms with Crippen LogP contribution in [0.4, 0.5) is 0 Å². The minimum absolute atomic E-state index is 0.0692. The molecule has 2 N–H and O–H groups in total. The van der Waals surface area contributed by atoms with Gasteiger partial charge in [-0.25, -0.2) is 4.98 Å². The van der Waals surface area contributed by atoms with Gasteiger partial charge >= 0.3 is 0 Å². The van der Waals surface area contributed by atoms with Crippen LogP contribution in [0.1, 0.15) is 22.2 Å². The molecule has 4 heteroatoms. The number of pyridine rings is 1. The van der Waals surface area contributed by atoms with Gasteiger partial charge < -0.3 is 5.73 Å². The van der Waals surface area contributed by atoms with Crippen molar-refractivity contribution < 1.29 is 0 Å². The van der Waals surface area contributed by atoms with E-state index in [0.717, 1.165) is 16.9 Å². The molecule has 0 saturated carbocycles. The fraction of sp³-hybridized carbons (Fsp3) is 0.200. The quantitative estimate of drug-likeness (QED) is 0.794. The highest BCUT2D eigenvalue weighted by molar-refractivity contribution is 7.18. The third kappa shape index (κ3) is 2.50. The molecule has 0 amide bonds. The van der Waals surface area contributed by atoms with E-state index in [9.17, 15) is 0 Å². The van der Waals surface area contributed by atoms with E-state index >= 15 is 0 Å². The number of rotatable bonds is 3.